The lowest BCUT2D eigenvalue weighted by Gasteiger charge is -2.36. The van der Waals surface area contributed by atoms with Crippen LogP contribution in [0.25, 0.3) is 10.8 Å². The first-order valence-electron chi connectivity index (χ1n) is 9.92. The summed E-state index contributed by atoms with van der Waals surface area (Å²) in [6, 6.07) is 11.1. The highest BCUT2D eigenvalue weighted by Crippen LogP contribution is 2.65. The Morgan fingerprint density at radius 2 is 1.93 bits per heavy atom. The van der Waals surface area contributed by atoms with Crippen molar-refractivity contribution in [1.82, 2.24) is 0 Å². The second-order valence-electron chi connectivity index (χ2n) is 8.50. The van der Waals surface area contributed by atoms with Crippen molar-refractivity contribution in [2.45, 2.75) is 40.0 Å². The molecule has 4 heteroatoms. The molecule has 2 atom stereocenters. The molecule has 2 aromatic rings. The van der Waals surface area contributed by atoms with E-state index in [-0.39, 0.29) is 29.3 Å². The Morgan fingerprint density at radius 1 is 1.18 bits per heavy atom. The molecule has 2 unspecified atom stereocenters. The third-order valence-electron chi connectivity index (χ3n) is 6.85. The molecular formula is C24H26O4. The van der Waals surface area contributed by atoms with Crippen molar-refractivity contribution < 1.29 is 19.1 Å². The van der Waals surface area contributed by atoms with Crippen LogP contribution in [0, 0.1) is 16.7 Å². The lowest BCUT2D eigenvalue weighted by atomic mass is 9.68. The second-order valence-corrected chi connectivity index (χ2v) is 8.50. The predicted molar refractivity (Wildman–Crippen MR) is 108 cm³/mol. The van der Waals surface area contributed by atoms with Crippen LogP contribution in [0.5, 0.6) is 5.75 Å². The highest BCUT2D eigenvalue weighted by atomic mass is 16.5. The molecule has 2 aliphatic carbocycles. The van der Waals surface area contributed by atoms with Gasteiger partial charge in [-0.25, -0.2) is 4.79 Å². The van der Waals surface area contributed by atoms with E-state index in [0.717, 1.165) is 35.6 Å². The fraction of sp³-hybridized carbons (Fsp3) is 0.417. The maximum Gasteiger partial charge on any atom is 0.341 e. The van der Waals surface area contributed by atoms with Gasteiger partial charge < -0.3 is 9.47 Å². The molecule has 0 amide bonds. The van der Waals surface area contributed by atoms with Crippen molar-refractivity contribution >= 4 is 22.7 Å². The molecule has 2 aromatic carbocycles. The van der Waals surface area contributed by atoms with Crippen LogP contribution < -0.4 is 4.74 Å². The number of esters is 2. The van der Waals surface area contributed by atoms with E-state index in [1.54, 1.807) is 13.0 Å². The fourth-order valence-corrected chi connectivity index (χ4v) is 5.02. The lowest BCUT2D eigenvalue weighted by Crippen LogP contribution is -2.36. The Hall–Kier alpha value is -2.62. The first-order chi connectivity index (χ1) is 13.3. The monoisotopic (exact) mass is 378 g/mol. The molecule has 0 aromatic heterocycles. The maximum absolute atomic E-state index is 13.4. The highest BCUT2D eigenvalue weighted by molar-refractivity contribution is 6.03. The molecule has 2 bridgehead atoms. The van der Waals surface area contributed by atoms with Gasteiger partial charge in [0.2, 0.25) is 0 Å². The van der Waals surface area contributed by atoms with Gasteiger partial charge in [0.05, 0.1) is 12.0 Å². The quantitative estimate of drug-likeness (QED) is 0.411. The van der Waals surface area contributed by atoms with Crippen LogP contribution >= 0.6 is 0 Å². The van der Waals surface area contributed by atoms with E-state index < -0.39 is 11.4 Å². The molecule has 4 nitrogen and oxygen atoms in total. The summed E-state index contributed by atoms with van der Waals surface area (Å²) in [4.78, 5) is 25.9. The van der Waals surface area contributed by atoms with Gasteiger partial charge in [-0.3, -0.25) is 4.79 Å². The maximum atomic E-state index is 13.4. The first kappa shape index (κ1) is 18.7. The Labute approximate surface area is 165 Å². The fourth-order valence-electron chi connectivity index (χ4n) is 5.02. The lowest BCUT2D eigenvalue weighted by molar-refractivity contribution is -0.143. The second kappa shape index (κ2) is 6.47. The van der Waals surface area contributed by atoms with E-state index in [0.29, 0.717) is 5.92 Å². The van der Waals surface area contributed by atoms with Crippen molar-refractivity contribution in [1.29, 1.82) is 0 Å². The van der Waals surface area contributed by atoms with E-state index in [9.17, 15) is 9.59 Å². The number of ether oxygens (including phenoxy) is 2. The third-order valence-corrected chi connectivity index (χ3v) is 6.85. The molecule has 0 N–H and O–H groups in total. The number of carbonyl (C=O) groups is 2. The zero-order valence-electron chi connectivity index (χ0n) is 16.7. The van der Waals surface area contributed by atoms with Crippen LogP contribution in [0.2, 0.25) is 0 Å². The Morgan fingerprint density at radius 3 is 2.61 bits per heavy atom. The number of carbonyl (C=O) groups excluding carboxylic acids is 2. The van der Waals surface area contributed by atoms with E-state index in [1.807, 2.05) is 30.3 Å². The van der Waals surface area contributed by atoms with E-state index in [4.69, 9.17) is 9.47 Å². The van der Waals surface area contributed by atoms with Crippen molar-refractivity contribution in [3.8, 4) is 5.75 Å². The van der Waals surface area contributed by atoms with Gasteiger partial charge in [0.25, 0.3) is 0 Å². The molecule has 2 aliphatic rings. The molecule has 2 saturated carbocycles. The van der Waals surface area contributed by atoms with Crippen molar-refractivity contribution in [2.24, 2.45) is 16.7 Å². The molecule has 0 radical (unpaired) electrons. The number of hydrogen-bond acceptors (Lipinski definition) is 4. The number of benzene rings is 2. The van der Waals surface area contributed by atoms with Crippen LogP contribution in [-0.2, 0) is 9.53 Å². The number of fused-ring (bicyclic) bond motifs is 3. The summed E-state index contributed by atoms with van der Waals surface area (Å²) in [7, 11) is 0. The SMILES string of the molecule is C=C1C2(C(=O)Oc3c(C(=O)OCC)ccc4ccccc34)CCC(C2)C1(C)C. The van der Waals surface area contributed by atoms with Crippen LogP contribution in [0.1, 0.15) is 50.4 Å². The summed E-state index contributed by atoms with van der Waals surface area (Å²) in [5.41, 5.74) is 0.513. The van der Waals surface area contributed by atoms with Gasteiger partial charge in [0, 0.05) is 5.39 Å². The zero-order chi connectivity index (χ0) is 20.1. The largest absolute Gasteiger partial charge is 0.462 e. The standard InChI is InChI=1S/C24H26O4/c1-5-27-21(25)19-11-10-16-8-6-7-9-18(16)20(19)28-22(26)24-13-12-17(14-24)23(3,4)15(24)2/h6-11,17H,2,5,12-14H2,1,3-4H3. The van der Waals surface area contributed by atoms with Gasteiger partial charge in [0.15, 0.2) is 5.75 Å². The molecule has 0 spiro atoms. The van der Waals surface area contributed by atoms with Gasteiger partial charge >= 0.3 is 11.9 Å². The van der Waals surface area contributed by atoms with Crippen molar-refractivity contribution in [3.05, 3.63) is 54.1 Å². The first-order valence-corrected chi connectivity index (χ1v) is 9.92. The molecule has 2 fully saturated rings. The van der Waals surface area contributed by atoms with Gasteiger partial charge in [-0.05, 0) is 49.0 Å². The minimum Gasteiger partial charge on any atom is -0.462 e. The van der Waals surface area contributed by atoms with Gasteiger partial charge in [-0.15, -0.1) is 0 Å². The molecule has 0 saturated heterocycles. The van der Waals surface area contributed by atoms with Crippen LogP contribution in [0.4, 0.5) is 0 Å². The minimum absolute atomic E-state index is 0.0694. The minimum atomic E-state index is -0.656. The summed E-state index contributed by atoms with van der Waals surface area (Å²) in [6.07, 6.45) is 2.54. The average Bonchev–Trinajstić information content (AvgIpc) is 3.21. The molecule has 0 heterocycles. The smallest absolute Gasteiger partial charge is 0.341 e. The predicted octanol–water partition coefficient (Wildman–Crippen LogP) is 5.30. The number of hydrogen-bond donors (Lipinski definition) is 0. The topological polar surface area (TPSA) is 52.6 Å². The normalized spacial score (nSPS) is 25.1. The Kier molecular flexibility index (Phi) is 4.33. The van der Waals surface area contributed by atoms with Crippen LogP contribution in [-0.4, -0.2) is 18.5 Å². The summed E-state index contributed by atoms with van der Waals surface area (Å²) in [5.74, 6) is -0.0441. The van der Waals surface area contributed by atoms with Crippen LogP contribution in [0.3, 0.4) is 0 Å². The molecule has 28 heavy (non-hydrogen) atoms. The van der Waals surface area contributed by atoms with E-state index in [2.05, 4.69) is 20.4 Å². The molecule has 4 rings (SSSR count). The summed E-state index contributed by atoms with van der Waals surface area (Å²) in [5, 5.41) is 1.64. The van der Waals surface area contributed by atoms with E-state index in [1.165, 1.54) is 0 Å². The van der Waals surface area contributed by atoms with Gasteiger partial charge in [-0.1, -0.05) is 56.3 Å². The third kappa shape index (κ3) is 2.58. The van der Waals surface area contributed by atoms with Crippen LogP contribution in [0.15, 0.2) is 48.6 Å². The molecular weight excluding hydrogens is 352 g/mol. The molecule has 146 valence electrons. The molecule has 0 aliphatic heterocycles. The Bertz CT molecular complexity index is 987. The average molecular weight is 378 g/mol. The van der Waals surface area contributed by atoms with E-state index >= 15 is 0 Å². The van der Waals surface area contributed by atoms with Crippen molar-refractivity contribution in [3.63, 3.8) is 0 Å². The summed E-state index contributed by atoms with van der Waals surface area (Å²) < 4.78 is 11.2. The Balaban J connectivity index is 1.77. The summed E-state index contributed by atoms with van der Waals surface area (Å²) in [6.45, 7) is 10.6. The summed E-state index contributed by atoms with van der Waals surface area (Å²) >= 11 is 0. The highest BCUT2D eigenvalue weighted by Gasteiger charge is 2.62. The van der Waals surface area contributed by atoms with Crippen molar-refractivity contribution in [2.75, 3.05) is 6.61 Å². The zero-order valence-corrected chi connectivity index (χ0v) is 16.7. The number of rotatable bonds is 4. The van der Waals surface area contributed by atoms with Gasteiger partial charge in [0.1, 0.15) is 5.56 Å². The van der Waals surface area contributed by atoms with Gasteiger partial charge in [-0.2, -0.15) is 0 Å².